The van der Waals surface area contributed by atoms with E-state index in [2.05, 4.69) is 39.2 Å². The van der Waals surface area contributed by atoms with Gasteiger partial charge in [0.2, 0.25) is 0 Å². The molecule has 0 bridgehead atoms. The molecule has 1 aliphatic rings. The van der Waals surface area contributed by atoms with Crippen LogP contribution in [0.2, 0.25) is 0 Å². The van der Waals surface area contributed by atoms with E-state index in [-0.39, 0.29) is 0 Å². The van der Waals surface area contributed by atoms with E-state index in [1.165, 1.54) is 5.56 Å². The van der Waals surface area contributed by atoms with Gasteiger partial charge in [-0.2, -0.15) is 0 Å². The molecular weight excluding hydrogens is 186 g/mol. The molecular formula is C13H16NO+. The molecule has 0 radical (unpaired) electrons. The number of hydrogen-bond donors (Lipinski definition) is 0. The Labute approximate surface area is 91.1 Å². The molecule has 1 aliphatic heterocycles. The minimum atomic E-state index is 0.660. The highest BCUT2D eigenvalue weighted by Crippen LogP contribution is 2.25. The van der Waals surface area contributed by atoms with Crippen LogP contribution >= 0.6 is 0 Å². The molecule has 0 fully saturated rings. The molecule has 0 saturated heterocycles. The summed E-state index contributed by atoms with van der Waals surface area (Å²) >= 11 is 0. The Morgan fingerprint density at radius 3 is 2.80 bits per heavy atom. The molecule has 0 saturated carbocycles. The fourth-order valence-corrected chi connectivity index (χ4v) is 1.50. The zero-order valence-electron chi connectivity index (χ0n) is 9.50. The summed E-state index contributed by atoms with van der Waals surface area (Å²) in [6.45, 7) is 0.807. The second kappa shape index (κ2) is 3.60. The van der Waals surface area contributed by atoms with Crippen LogP contribution in [-0.4, -0.2) is 32.2 Å². The zero-order chi connectivity index (χ0) is 10.9. The van der Waals surface area contributed by atoms with Gasteiger partial charge in [0.1, 0.15) is 11.8 Å². The van der Waals surface area contributed by atoms with Crippen molar-refractivity contribution in [2.24, 2.45) is 0 Å². The van der Waals surface area contributed by atoms with E-state index in [1.807, 2.05) is 12.1 Å². The Balaban J connectivity index is 2.27. The Morgan fingerprint density at radius 1 is 1.27 bits per heavy atom. The van der Waals surface area contributed by atoms with Gasteiger partial charge in [0.05, 0.1) is 27.7 Å². The van der Waals surface area contributed by atoms with Crippen LogP contribution in [-0.2, 0) is 6.42 Å². The van der Waals surface area contributed by atoms with Gasteiger partial charge in [0.25, 0.3) is 0 Å². The fraction of sp³-hybridized carbons (Fsp3) is 0.385. The van der Waals surface area contributed by atoms with Crippen molar-refractivity contribution < 1.29 is 9.22 Å². The normalized spacial score (nSPS) is 13.8. The van der Waals surface area contributed by atoms with Gasteiger partial charge in [-0.25, -0.2) is 0 Å². The van der Waals surface area contributed by atoms with Gasteiger partial charge in [-0.05, 0) is 29.7 Å². The molecule has 2 nitrogen and oxygen atoms in total. The minimum absolute atomic E-state index is 0.660. The molecule has 78 valence electrons. The molecule has 0 spiro atoms. The number of nitrogens with zero attached hydrogens (tertiary/aromatic N) is 1. The molecule has 0 unspecified atom stereocenters. The van der Waals surface area contributed by atoms with E-state index in [4.69, 9.17) is 4.74 Å². The summed E-state index contributed by atoms with van der Waals surface area (Å²) in [6, 6.07) is 9.34. The fourth-order valence-electron chi connectivity index (χ4n) is 1.50. The summed E-state index contributed by atoms with van der Waals surface area (Å²) in [5.74, 6) is 4.20. The van der Waals surface area contributed by atoms with E-state index in [1.54, 1.807) is 0 Å². The van der Waals surface area contributed by atoms with Crippen LogP contribution in [0.1, 0.15) is 11.1 Å². The molecule has 15 heavy (non-hydrogen) atoms. The average molecular weight is 202 g/mol. The summed E-state index contributed by atoms with van der Waals surface area (Å²) in [5.41, 5.74) is 2.36. The third-order valence-electron chi connectivity index (χ3n) is 2.23. The van der Waals surface area contributed by atoms with Crippen molar-refractivity contribution in [2.75, 3.05) is 27.7 Å². The van der Waals surface area contributed by atoms with Crippen molar-refractivity contribution in [3.63, 3.8) is 0 Å². The quantitative estimate of drug-likeness (QED) is 0.459. The predicted octanol–water partition coefficient (Wildman–Crippen LogP) is 1.64. The molecule has 1 aromatic carbocycles. The van der Waals surface area contributed by atoms with Gasteiger partial charge in [-0.1, -0.05) is 0 Å². The van der Waals surface area contributed by atoms with Crippen LogP contribution in [0, 0.1) is 12.0 Å². The second-order valence-electron chi connectivity index (χ2n) is 4.67. The number of fused-ring (bicyclic) bond motifs is 1. The summed E-state index contributed by atoms with van der Waals surface area (Å²) < 4.78 is 6.11. The lowest BCUT2D eigenvalue weighted by molar-refractivity contribution is -0.800. The smallest absolute Gasteiger partial charge is 0.142 e. The highest BCUT2D eigenvalue weighted by atomic mass is 16.5. The number of rotatable bonds is 0. The first-order valence-corrected chi connectivity index (χ1v) is 5.15. The van der Waals surface area contributed by atoms with Gasteiger partial charge in [0.15, 0.2) is 0 Å². The van der Waals surface area contributed by atoms with Crippen LogP contribution in [0.5, 0.6) is 5.75 Å². The lowest BCUT2D eigenvalue weighted by Gasteiger charge is -2.12. The first-order chi connectivity index (χ1) is 7.04. The Bertz CT molecular complexity index is 432. The monoisotopic (exact) mass is 202 g/mol. The largest absolute Gasteiger partial charge is 0.493 e. The summed E-state index contributed by atoms with van der Waals surface area (Å²) in [6.07, 6.45) is 1.01. The summed E-state index contributed by atoms with van der Waals surface area (Å²) in [4.78, 5) is 0. The van der Waals surface area contributed by atoms with Crippen molar-refractivity contribution in [3.8, 4) is 17.7 Å². The van der Waals surface area contributed by atoms with Gasteiger partial charge in [-0.3, -0.25) is 4.48 Å². The second-order valence-corrected chi connectivity index (χ2v) is 4.67. The van der Waals surface area contributed by atoms with Crippen molar-refractivity contribution >= 4 is 0 Å². The van der Waals surface area contributed by atoms with E-state index >= 15 is 0 Å². The van der Waals surface area contributed by atoms with E-state index in [0.29, 0.717) is 4.48 Å². The number of ether oxygens (including phenoxy) is 1. The van der Waals surface area contributed by atoms with Gasteiger partial charge in [0, 0.05) is 12.0 Å². The average Bonchev–Trinajstić information content (AvgIpc) is 2.60. The number of benzene rings is 1. The Morgan fingerprint density at radius 2 is 2.07 bits per heavy atom. The van der Waals surface area contributed by atoms with E-state index < -0.39 is 0 Å². The minimum Gasteiger partial charge on any atom is -0.493 e. The third kappa shape index (κ3) is 2.51. The van der Waals surface area contributed by atoms with E-state index in [0.717, 1.165) is 24.3 Å². The maximum atomic E-state index is 5.45. The zero-order valence-corrected chi connectivity index (χ0v) is 9.50. The Kier molecular flexibility index (Phi) is 2.42. The number of hydrogen-bond acceptors (Lipinski definition) is 1. The third-order valence-corrected chi connectivity index (χ3v) is 2.23. The van der Waals surface area contributed by atoms with E-state index in [9.17, 15) is 0 Å². The first kappa shape index (κ1) is 10.1. The summed E-state index contributed by atoms with van der Waals surface area (Å²) in [7, 11) is 6.18. The molecule has 0 N–H and O–H groups in total. The van der Waals surface area contributed by atoms with Crippen LogP contribution in [0.3, 0.4) is 0 Å². The predicted molar refractivity (Wildman–Crippen MR) is 60.6 cm³/mol. The topological polar surface area (TPSA) is 9.23 Å². The van der Waals surface area contributed by atoms with Crippen molar-refractivity contribution in [2.45, 2.75) is 6.42 Å². The molecule has 0 atom stereocenters. The van der Waals surface area contributed by atoms with Gasteiger partial charge >= 0.3 is 0 Å². The lowest BCUT2D eigenvalue weighted by Crippen LogP contribution is -2.27. The lowest BCUT2D eigenvalue weighted by atomic mass is 10.1. The summed E-state index contributed by atoms with van der Waals surface area (Å²) in [5, 5.41) is 0. The maximum absolute atomic E-state index is 5.45. The molecule has 2 heteroatoms. The molecule has 0 aliphatic carbocycles. The molecule has 1 heterocycles. The van der Waals surface area contributed by atoms with Crippen LogP contribution in [0.4, 0.5) is 0 Å². The maximum Gasteiger partial charge on any atom is 0.142 e. The molecule has 0 amide bonds. The Hall–Kier alpha value is -1.46. The molecule has 2 rings (SSSR count). The SMILES string of the molecule is C[N+](C)(C)C#Cc1ccc2c(c1)CCO2. The first-order valence-electron chi connectivity index (χ1n) is 5.15. The standard InChI is InChI=1S/C13H16NO/c1-14(2,3)8-6-11-4-5-13-12(10-11)7-9-15-13/h4-5,10H,7,9H2,1-3H3/q+1. The van der Waals surface area contributed by atoms with Crippen molar-refractivity contribution in [3.05, 3.63) is 29.3 Å². The molecule has 0 aromatic heterocycles. The highest BCUT2D eigenvalue weighted by Gasteiger charge is 2.11. The highest BCUT2D eigenvalue weighted by molar-refractivity contribution is 5.45. The van der Waals surface area contributed by atoms with Crippen LogP contribution in [0.25, 0.3) is 0 Å². The van der Waals surface area contributed by atoms with Gasteiger partial charge < -0.3 is 4.74 Å². The number of quaternary nitrogens is 1. The van der Waals surface area contributed by atoms with Crippen molar-refractivity contribution in [1.29, 1.82) is 0 Å². The molecule has 1 aromatic rings. The van der Waals surface area contributed by atoms with Crippen molar-refractivity contribution in [1.82, 2.24) is 0 Å². The van der Waals surface area contributed by atoms with Crippen LogP contribution < -0.4 is 4.74 Å². The van der Waals surface area contributed by atoms with Gasteiger partial charge in [-0.15, -0.1) is 0 Å². The van der Waals surface area contributed by atoms with Crippen LogP contribution in [0.15, 0.2) is 18.2 Å².